The number of rotatable bonds is 3. The van der Waals surface area contributed by atoms with E-state index in [0.717, 1.165) is 12.8 Å². The average Bonchev–Trinajstić information content (AvgIpc) is 3.15. The van der Waals surface area contributed by atoms with Gasteiger partial charge >= 0.3 is 6.18 Å². The Bertz CT molecular complexity index is 672. The number of guanidine groups is 1. The SMILES string of the molecule is CC(C)(C)N/C(=N\C1CC(C2CCC(F)CC2)NN1)NC(=O)C1CCCNC1C(F)(F)F. The second-order valence-corrected chi connectivity index (χ2v) is 10.2. The highest BCUT2D eigenvalue weighted by Gasteiger charge is 2.48. The second-order valence-electron chi connectivity index (χ2n) is 10.2. The molecule has 2 saturated heterocycles. The fourth-order valence-electron chi connectivity index (χ4n) is 4.77. The van der Waals surface area contributed by atoms with E-state index in [1.165, 1.54) is 0 Å². The van der Waals surface area contributed by atoms with Crippen LogP contribution in [0.5, 0.6) is 0 Å². The molecule has 2 aliphatic heterocycles. The molecule has 32 heavy (non-hydrogen) atoms. The minimum Gasteiger partial charge on any atom is -0.351 e. The van der Waals surface area contributed by atoms with E-state index in [0.29, 0.717) is 31.6 Å². The van der Waals surface area contributed by atoms with Gasteiger partial charge in [0.1, 0.15) is 18.4 Å². The molecule has 1 saturated carbocycles. The molecule has 0 spiro atoms. The van der Waals surface area contributed by atoms with Gasteiger partial charge in [0.2, 0.25) is 5.91 Å². The maximum absolute atomic E-state index is 13.4. The molecule has 5 N–H and O–H groups in total. The highest BCUT2D eigenvalue weighted by molar-refractivity contribution is 5.98. The standard InChI is InChI=1S/C21H36F4N6O/c1-20(2,3)29-19(28-18(32)14-5-4-10-26-17(14)21(23,24)25)27-16-11-15(30-31-16)12-6-8-13(22)9-7-12/h12-17,26,30-31H,4-11H2,1-3H3,(H2,27,28,29,32). The Labute approximate surface area is 186 Å². The maximum atomic E-state index is 13.4. The predicted molar refractivity (Wildman–Crippen MR) is 114 cm³/mol. The third-order valence-electron chi connectivity index (χ3n) is 6.35. The minimum absolute atomic E-state index is 0.139. The first kappa shape index (κ1) is 25.2. The first-order chi connectivity index (χ1) is 14.9. The molecular formula is C21H36F4N6O. The Balaban J connectivity index is 1.67. The number of carbonyl (C=O) groups excluding carboxylic acids is 1. The van der Waals surface area contributed by atoms with Crippen molar-refractivity contribution in [3.8, 4) is 0 Å². The van der Waals surface area contributed by atoms with Crippen LogP contribution in [-0.2, 0) is 4.79 Å². The molecule has 0 aromatic rings. The molecule has 0 radical (unpaired) electrons. The number of carbonyl (C=O) groups is 1. The summed E-state index contributed by atoms with van der Waals surface area (Å²) in [5, 5.41) is 8.16. The molecule has 1 aliphatic carbocycles. The van der Waals surface area contributed by atoms with Gasteiger partial charge in [-0.25, -0.2) is 14.8 Å². The van der Waals surface area contributed by atoms with Gasteiger partial charge in [-0.1, -0.05) is 0 Å². The molecule has 11 heteroatoms. The van der Waals surface area contributed by atoms with Crippen LogP contribution in [0.1, 0.15) is 65.7 Å². The molecule has 7 nitrogen and oxygen atoms in total. The van der Waals surface area contributed by atoms with Crippen molar-refractivity contribution in [2.75, 3.05) is 6.54 Å². The van der Waals surface area contributed by atoms with Crippen LogP contribution in [-0.4, -0.2) is 54.5 Å². The maximum Gasteiger partial charge on any atom is 0.404 e. The molecule has 4 unspecified atom stereocenters. The predicted octanol–water partition coefficient (Wildman–Crippen LogP) is 2.50. The molecule has 1 amide bonds. The third kappa shape index (κ3) is 7.02. The van der Waals surface area contributed by atoms with Crippen LogP contribution in [0, 0.1) is 11.8 Å². The first-order valence-corrected chi connectivity index (χ1v) is 11.5. The Hall–Kier alpha value is -1.46. The van der Waals surface area contributed by atoms with Crippen molar-refractivity contribution in [2.45, 2.75) is 102 Å². The van der Waals surface area contributed by atoms with E-state index in [1.807, 2.05) is 20.8 Å². The number of aliphatic imine (C=N–C) groups is 1. The molecular weight excluding hydrogens is 428 g/mol. The van der Waals surface area contributed by atoms with Gasteiger partial charge in [0, 0.05) is 18.0 Å². The van der Waals surface area contributed by atoms with Gasteiger partial charge in [-0.15, -0.1) is 0 Å². The highest BCUT2D eigenvalue weighted by atomic mass is 19.4. The summed E-state index contributed by atoms with van der Waals surface area (Å²) < 4.78 is 53.7. The van der Waals surface area contributed by atoms with Gasteiger partial charge in [-0.3, -0.25) is 15.5 Å². The van der Waals surface area contributed by atoms with Crippen LogP contribution in [0.25, 0.3) is 0 Å². The number of piperidine rings is 1. The number of hydrogen-bond donors (Lipinski definition) is 5. The van der Waals surface area contributed by atoms with Crippen LogP contribution in [0.3, 0.4) is 0 Å². The zero-order valence-corrected chi connectivity index (χ0v) is 19.0. The molecule has 4 atom stereocenters. The van der Waals surface area contributed by atoms with E-state index in [9.17, 15) is 22.4 Å². The van der Waals surface area contributed by atoms with Gasteiger partial charge in [0.25, 0.3) is 0 Å². The summed E-state index contributed by atoms with van der Waals surface area (Å²) in [6.45, 7) is 5.88. The number of nitrogens with zero attached hydrogens (tertiary/aromatic N) is 1. The quantitative estimate of drug-likeness (QED) is 0.252. The number of hydrazine groups is 1. The van der Waals surface area contributed by atoms with E-state index < -0.39 is 35.8 Å². The summed E-state index contributed by atoms with van der Waals surface area (Å²) in [5.74, 6) is -1.40. The molecule has 3 fully saturated rings. The second kappa shape index (κ2) is 10.2. The minimum atomic E-state index is -4.50. The van der Waals surface area contributed by atoms with Crippen molar-refractivity contribution in [3.63, 3.8) is 0 Å². The van der Waals surface area contributed by atoms with E-state index in [2.05, 4.69) is 31.8 Å². The van der Waals surface area contributed by atoms with Crippen molar-refractivity contribution in [2.24, 2.45) is 16.8 Å². The zero-order chi connectivity index (χ0) is 23.5. The number of amides is 1. The summed E-state index contributed by atoms with van der Waals surface area (Å²) in [6, 6.07) is -1.73. The number of alkyl halides is 4. The van der Waals surface area contributed by atoms with Crippen molar-refractivity contribution in [3.05, 3.63) is 0 Å². The first-order valence-electron chi connectivity index (χ1n) is 11.5. The Morgan fingerprint density at radius 2 is 1.72 bits per heavy atom. The van der Waals surface area contributed by atoms with Gasteiger partial charge in [-0.2, -0.15) is 13.2 Å². The van der Waals surface area contributed by atoms with Crippen molar-refractivity contribution < 1.29 is 22.4 Å². The smallest absolute Gasteiger partial charge is 0.351 e. The van der Waals surface area contributed by atoms with E-state index in [1.54, 1.807) is 0 Å². The molecule has 0 aromatic carbocycles. The largest absolute Gasteiger partial charge is 0.404 e. The van der Waals surface area contributed by atoms with E-state index in [4.69, 9.17) is 0 Å². The van der Waals surface area contributed by atoms with Crippen LogP contribution in [0.15, 0.2) is 4.99 Å². The van der Waals surface area contributed by atoms with E-state index in [-0.39, 0.29) is 31.1 Å². The van der Waals surface area contributed by atoms with Gasteiger partial charge < -0.3 is 10.6 Å². The Morgan fingerprint density at radius 3 is 2.34 bits per heavy atom. The fourth-order valence-corrected chi connectivity index (χ4v) is 4.77. The third-order valence-corrected chi connectivity index (χ3v) is 6.35. The Morgan fingerprint density at radius 1 is 1.03 bits per heavy atom. The highest BCUT2D eigenvalue weighted by Crippen LogP contribution is 2.32. The van der Waals surface area contributed by atoms with Gasteiger partial charge in [0.15, 0.2) is 5.96 Å². The fraction of sp³-hybridized carbons (Fsp3) is 0.905. The van der Waals surface area contributed by atoms with Crippen LogP contribution < -0.4 is 26.8 Å². The lowest BCUT2D eigenvalue weighted by atomic mass is 9.82. The van der Waals surface area contributed by atoms with Crippen LogP contribution in [0.4, 0.5) is 17.6 Å². The molecule has 0 bridgehead atoms. The van der Waals surface area contributed by atoms with Crippen molar-refractivity contribution in [1.29, 1.82) is 0 Å². The molecule has 3 rings (SSSR count). The summed E-state index contributed by atoms with van der Waals surface area (Å²) in [5.41, 5.74) is 5.87. The van der Waals surface area contributed by atoms with Crippen molar-refractivity contribution in [1.82, 2.24) is 26.8 Å². The van der Waals surface area contributed by atoms with Crippen LogP contribution in [0.2, 0.25) is 0 Å². The Kier molecular flexibility index (Phi) is 8.03. The van der Waals surface area contributed by atoms with Gasteiger partial charge in [0.05, 0.1) is 5.92 Å². The lowest BCUT2D eigenvalue weighted by molar-refractivity contribution is -0.176. The lowest BCUT2D eigenvalue weighted by Gasteiger charge is -2.33. The number of halogens is 4. The summed E-state index contributed by atoms with van der Waals surface area (Å²) in [6.07, 6.45) is -1.49. The lowest BCUT2D eigenvalue weighted by Crippen LogP contribution is -2.58. The summed E-state index contributed by atoms with van der Waals surface area (Å²) in [7, 11) is 0. The molecule has 2 heterocycles. The van der Waals surface area contributed by atoms with Gasteiger partial charge in [-0.05, 0) is 71.8 Å². The number of hydrogen-bond acceptors (Lipinski definition) is 5. The zero-order valence-electron chi connectivity index (χ0n) is 19.0. The summed E-state index contributed by atoms with van der Waals surface area (Å²) in [4.78, 5) is 17.4. The van der Waals surface area contributed by atoms with Crippen molar-refractivity contribution >= 4 is 11.9 Å². The molecule has 3 aliphatic rings. The number of nitrogens with one attached hydrogen (secondary N) is 5. The topological polar surface area (TPSA) is 89.6 Å². The van der Waals surface area contributed by atoms with E-state index >= 15 is 0 Å². The normalized spacial score (nSPS) is 34.9. The molecule has 0 aromatic heterocycles. The average molecular weight is 465 g/mol. The monoisotopic (exact) mass is 464 g/mol. The molecule has 184 valence electrons. The van der Waals surface area contributed by atoms with Crippen LogP contribution >= 0.6 is 0 Å². The summed E-state index contributed by atoms with van der Waals surface area (Å²) >= 11 is 0.